The Morgan fingerprint density at radius 3 is 2.63 bits per heavy atom. The van der Waals surface area contributed by atoms with E-state index in [0.717, 1.165) is 42.0 Å². The van der Waals surface area contributed by atoms with Crippen LogP contribution in [0.4, 0.5) is 24.5 Å². The highest BCUT2D eigenvalue weighted by Gasteiger charge is 2.42. The molecule has 35 heavy (non-hydrogen) atoms. The number of aliphatic hydroxyl groups excluding tert-OH is 1. The third kappa shape index (κ3) is 4.93. The largest absolute Gasteiger partial charge is 0.490 e. The number of benzene rings is 2. The first kappa shape index (κ1) is 25.2. The fraction of sp³-hybridized carbons (Fsp3) is 0.440. The maximum atomic E-state index is 13.6. The van der Waals surface area contributed by atoms with Crippen LogP contribution in [0.25, 0.3) is 0 Å². The maximum Gasteiger partial charge on any atom is 0.417 e. The normalized spacial score (nSPS) is 20.0. The Bertz CT molecular complexity index is 1160. The van der Waals surface area contributed by atoms with Gasteiger partial charge < -0.3 is 19.6 Å². The lowest BCUT2D eigenvalue weighted by atomic mass is 9.96. The van der Waals surface area contributed by atoms with E-state index in [-0.39, 0.29) is 30.2 Å². The molecule has 1 amide bonds. The predicted molar refractivity (Wildman–Crippen MR) is 128 cm³/mol. The smallest absolute Gasteiger partial charge is 0.417 e. The van der Waals surface area contributed by atoms with E-state index in [1.165, 1.54) is 22.7 Å². The SMILES string of the molecule is CC1(C)C(=O)N(c2ccc(C#N)c(C(F)(F)F)c2)CSCN1c1ccc2c(c1)CCC(CCO)O2. The summed E-state index contributed by atoms with van der Waals surface area (Å²) >= 11 is 1.42. The molecule has 2 heterocycles. The van der Waals surface area contributed by atoms with E-state index < -0.39 is 22.8 Å². The van der Waals surface area contributed by atoms with Gasteiger partial charge in [0.15, 0.2) is 0 Å². The van der Waals surface area contributed by atoms with E-state index >= 15 is 0 Å². The first-order chi connectivity index (χ1) is 16.6. The molecule has 6 nitrogen and oxygen atoms in total. The van der Waals surface area contributed by atoms with Gasteiger partial charge >= 0.3 is 6.18 Å². The first-order valence-electron chi connectivity index (χ1n) is 11.3. The van der Waals surface area contributed by atoms with Gasteiger partial charge in [-0.25, -0.2) is 0 Å². The molecule has 2 aromatic rings. The molecule has 1 N–H and O–H groups in total. The number of aryl methyl sites for hydroxylation is 1. The van der Waals surface area contributed by atoms with Crippen LogP contribution in [0.3, 0.4) is 0 Å². The van der Waals surface area contributed by atoms with E-state index in [1.807, 2.05) is 23.1 Å². The lowest BCUT2D eigenvalue weighted by molar-refractivity contribution is -0.137. The molecule has 0 bridgehead atoms. The van der Waals surface area contributed by atoms with Gasteiger partial charge in [0, 0.05) is 24.4 Å². The number of hydrogen-bond donors (Lipinski definition) is 1. The van der Waals surface area contributed by atoms with E-state index in [2.05, 4.69) is 0 Å². The second-order valence-corrected chi connectivity index (χ2v) is 10.0. The van der Waals surface area contributed by atoms with E-state index in [1.54, 1.807) is 19.9 Å². The van der Waals surface area contributed by atoms with Crippen molar-refractivity contribution in [2.75, 3.05) is 28.2 Å². The Morgan fingerprint density at radius 2 is 1.94 bits per heavy atom. The number of halogens is 3. The Hall–Kier alpha value is -2.90. The van der Waals surface area contributed by atoms with Gasteiger partial charge in [0.05, 0.1) is 28.9 Å². The van der Waals surface area contributed by atoms with Gasteiger partial charge in [-0.2, -0.15) is 18.4 Å². The lowest BCUT2D eigenvalue weighted by Crippen LogP contribution is -2.54. The number of carbonyl (C=O) groups is 1. The highest BCUT2D eigenvalue weighted by molar-refractivity contribution is 7.99. The first-order valence-corrected chi connectivity index (χ1v) is 12.4. The molecule has 10 heteroatoms. The van der Waals surface area contributed by atoms with Crippen LogP contribution in [0.2, 0.25) is 0 Å². The van der Waals surface area contributed by atoms with Crippen LogP contribution in [-0.2, 0) is 17.4 Å². The van der Waals surface area contributed by atoms with Crippen molar-refractivity contribution in [1.82, 2.24) is 0 Å². The molecule has 1 unspecified atom stereocenters. The Balaban J connectivity index is 1.63. The number of alkyl halides is 3. The van der Waals surface area contributed by atoms with Gasteiger partial charge in [0.25, 0.3) is 5.91 Å². The minimum Gasteiger partial charge on any atom is -0.490 e. The fourth-order valence-corrected chi connectivity index (χ4v) is 5.64. The summed E-state index contributed by atoms with van der Waals surface area (Å²) < 4.78 is 46.5. The summed E-state index contributed by atoms with van der Waals surface area (Å²) in [5.41, 5.74) is -0.612. The molecule has 0 aromatic heterocycles. The monoisotopic (exact) mass is 505 g/mol. The average molecular weight is 506 g/mol. The quantitative estimate of drug-likeness (QED) is 0.635. The van der Waals surface area contributed by atoms with Crippen molar-refractivity contribution in [3.05, 3.63) is 53.1 Å². The van der Waals surface area contributed by atoms with Crippen LogP contribution in [0.15, 0.2) is 36.4 Å². The minimum absolute atomic E-state index is 0.0207. The van der Waals surface area contributed by atoms with Crippen molar-refractivity contribution in [3.63, 3.8) is 0 Å². The third-order valence-electron chi connectivity index (χ3n) is 6.46. The molecule has 2 aromatic carbocycles. The van der Waals surface area contributed by atoms with Crippen molar-refractivity contribution in [1.29, 1.82) is 5.26 Å². The van der Waals surface area contributed by atoms with E-state index in [9.17, 15) is 23.1 Å². The Labute approximate surface area is 206 Å². The zero-order chi connectivity index (χ0) is 25.4. The number of rotatable bonds is 4. The summed E-state index contributed by atoms with van der Waals surface area (Å²) in [6.07, 6.45) is -2.56. The summed E-state index contributed by atoms with van der Waals surface area (Å²) in [6.45, 7) is 3.59. The topological polar surface area (TPSA) is 76.8 Å². The molecule has 186 valence electrons. The number of thioether (sulfide) groups is 1. The molecular weight excluding hydrogens is 479 g/mol. The van der Waals surface area contributed by atoms with Crippen LogP contribution in [0.1, 0.15) is 43.4 Å². The summed E-state index contributed by atoms with van der Waals surface area (Å²) in [4.78, 5) is 16.9. The molecule has 0 saturated carbocycles. The van der Waals surface area contributed by atoms with Crippen LogP contribution < -0.4 is 14.5 Å². The Morgan fingerprint density at radius 1 is 1.20 bits per heavy atom. The molecular formula is C25H26F3N3O3S. The molecule has 0 spiro atoms. The fourth-order valence-electron chi connectivity index (χ4n) is 4.46. The standard InChI is InChI=1S/C25H26F3N3O3S/c1-24(2)23(33)30(18-5-3-17(13-29)21(12-18)25(26,27)28)14-35-15-31(24)19-6-8-22-16(11-19)4-7-20(34-22)9-10-32/h3,5-6,8,11-12,20,32H,4,7,9-10,14-15H2,1-2H3. The zero-order valence-electron chi connectivity index (χ0n) is 19.4. The second-order valence-electron chi connectivity index (χ2n) is 9.10. The van der Waals surface area contributed by atoms with Gasteiger partial charge in [0.2, 0.25) is 0 Å². The van der Waals surface area contributed by atoms with E-state index in [0.29, 0.717) is 12.3 Å². The molecule has 2 aliphatic heterocycles. The molecule has 0 aliphatic carbocycles. The highest BCUT2D eigenvalue weighted by atomic mass is 32.2. The van der Waals surface area contributed by atoms with Crippen molar-refractivity contribution in [2.45, 2.75) is 50.9 Å². The van der Waals surface area contributed by atoms with Crippen molar-refractivity contribution in [3.8, 4) is 11.8 Å². The third-order valence-corrected chi connectivity index (χ3v) is 7.34. The van der Waals surface area contributed by atoms with Gasteiger partial charge in [0.1, 0.15) is 17.4 Å². The maximum absolute atomic E-state index is 13.6. The summed E-state index contributed by atoms with van der Waals surface area (Å²) in [7, 11) is 0. The second kappa shape index (κ2) is 9.63. The number of ether oxygens (including phenoxy) is 1. The zero-order valence-corrected chi connectivity index (χ0v) is 20.2. The molecule has 0 radical (unpaired) electrons. The van der Waals surface area contributed by atoms with Crippen LogP contribution in [-0.4, -0.2) is 41.0 Å². The molecule has 1 saturated heterocycles. The van der Waals surface area contributed by atoms with Crippen molar-refractivity contribution >= 4 is 29.0 Å². The van der Waals surface area contributed by atoms with Crippen LogP contribution in [0.5, 0.6) is 5.75 Å². The highest BCUT2D eigenvalue weighted by Crippen LogP contribution is 2.39. The minimum atomic E-state index is -4.70. The van der Waals surface area contributed by atoms with Crippen molar-refractivity contribution < 1.29 is 27.8 Å². The summed E-state index contributed by atoms with van der Waals surface area (Å²) in [5.74, 6) is 1.07. The average Bonchev–Trinajstić information content (AvgIpc) is 2.93. The molecule has 4 rings (SSSR count). The van der Waals surface area contributed by atoms with Gasteiger partial charge in [-0.05, 0) is 68.7 Å². The van der Waals surface area contributed by atoms with Gasteiger partial charge in [-0.3, -0.25) is 4.79 Å². The van der Waals surface area contributed by atoms with Gasteiger partial charge in [-0.1, -0.05) is 0 Å². The van der Waals surface area contributed by atoms with Crippen LogP contribution >= 0.6 is 11.8 Å². The van der Waals surface area contributed by atoms with Crippen molar-refractivity contribution in [2.24, 2.45) is 0 Å². The number of nitriles is 1. The lowest BCUT2D eigenvalue weighted by Gasteiger charge is -2.39. The number of amides is 1. The number of aliphatic hydroxyl groups is 1. The summed E-state index contributed by atoms with van der Waals surface area (Å²) in [6, 6.07) is 10.7. The molecule has 2 aliphatic rings. The Kier molecular flexibility index (Phi) is 6.93. The number of anilines is 2. The number of carbonyl (C=O) groups excluding carboxylic acids is 1. The molecule has 1 fully saturated rings. The number of hydrogen-bond acceptors (Lipinski definition) is 6. The van der Waals surface area contributed by atoms with Gasteiger partial charge in [-0.15, -0.1) is 11.8 Å². The van der Waals surface area contributed by atoms with E-state index in [4.69, 9.17) is 10.00 Å². The molecule has 1 atom stereocenters. The number of fused-ring (bicyclic) bond motifs is 1. The summed E-state index contributed by atoms with van der Waals surface area (Å²) in [5, 5.41) is 18.3. The number of nitrogens with zero attached hydrogens (tertiary/aromatic N) is 3. The predicted octanol–water partition coefficient (Wildman–Crippen LogP) is 4.93. The van der Waals surface area contributed by atoms with Crippen LogP contribution in [0, 0.1) is 11.3 Å².